The summed E-state index contributed by atoms with van der Waals surface area (Å²) in [7, 11) is 0. The summed E-state index contributed by atoms with van der Waals surface area (Å²) in [5.41, 5.74) is 5.26. The first-order valence-electron chi connectivity index (χ1n) is 11.8. The molecule has 1 aromatic carbocycles. The van der Waals surface area contributed by atoms with Crippen LogP contribution < -0.4 is 5.32 Å². The molecule has 5 rings (SSSR count). The summed E-state index contributed by atoms with van der Waals surface area (Å²) in [6, 6.07) is 16.1. The SMILES string of the molecule is O=C(NCc1ccc(CN(Cc2ncc[nH]2)C2CCCc3cccnc32)cc1)c1ccnc(Cl)c1. The number of aryl methyl sites for hydroxylation is 1. The molecule has 3 heterocycles. The van der Waals surface area contributed by atoms with Crippen LogP contribution in [0, 0.1) is 0 Å². The molecular formula is C27H27ClN6O. The molecular weight excluding hydrogens is 460 g/mol. The van der Waals surface area contributed by atoms with Crippen molar-refractivity contribution in [3.63, 3.8) is 0 Å². The minimum atomic E-state index is -0.175. The van der Waals surface area contributed by atoms with Gasteiger partial charge in [-0.15, -0.1) is 0 Å². The van der Waals surface area contributed by atoms with Crippen molar-refractivity contribution in [2.24, 2.45) is 0 Å². The highest BCUT2D eigenvalue weighted by Crippen LogP contribution is 2.34. The average Bonchev–Trinajstić information content (AvgIpc) is 3.40. The molecule has 0 fully saturated rings. The maximum Gasteiger partial charge on any atom is 0.251 e. The molecule has 1 aliphatic carbocycles. The second-order valence-electron chi connectivity index (χ2n) is 8.76. The van der Waals surface area contributed by atoms with Crippen LogP contribution in [0.4, 0.5) is 0 Å². The summed E-state index contributed by atoms with van der Waals surface area (Å²) in [5.74, 6) is 0.773. The zero-order valence-corrected chi connectivity index (χ0v) is 20.1. The highest BCUT2D eigenvalue weighted by molar-refractivity contribution is 6.29. The maximum atomic E-state index is 12.4. The Kier molecular flexibility index (Phi) is 7.16. The number of imidazole rings is 1. The lowest BCUT2D eigenvalue weighted by Gasteiger charge is -2.34. The number of H-pyrrole nitrogens is 1. The molecule has 2 N–H and O–H groups in total. The van der Waals surface area contributed by atoms with Gasteiger partial charge in [-0.2, -0.15) is 0 Å². The van der Waals surface area contributed by atoms with Gasteiger partial charge >= 0.3 is 0 Å². The van der Waals surface area contributed by atoms with Crippen LogP contribution in [0.3, 0.4) is 0 Å². The van der Waals surface area contributed by atoms with E-state index in [4.69, 9.17) is 16.6 Å². The lowest BCUT2D eigenvalue weighted by atomic mass is 9.90. The minimum absolute atomic E-state index is 0.175. The zero-order chi connectivity index (χ0) is 24.0. The Bertz CT molecular complexity index is 1280. The van der Waals surface area contributed by atoms with E-state index in [-0.39, 0.29) is 11.9 Å². The smallest absolute Gasteiger partial charge is 0.251 e. The van der Waals surface area contributed by atoms with Crippen molar-refractivity contribution in [3.05, 3.63) is 112 Å². The number of carbonyl (C=O) groups excluding carboxylic acids is 1. The first-order chi connectivity index (χ1) is 17.2. The van der Waals surface area contributed by atoms with E-state index < -0.39 is 0 Å². The fourth-order valence-electron chi connectivity index (χ4n) is 4.62. The third-order valence-electron chi connectivity index (χ3n) is 6.36. The molecule has 1 atom stereocenters. The van der Waals surface area contributed by atoms with Gasteiger partial charge in [0.05, 0.1) is 18.3 Å². The molecule has 0 saturated carbocycles. The van der Waals surface area contributed by atoms with Crippen LogP contribution in [0.2, 0.25) is 5.15 Å². The van der Waals surface area contributed by atoms with Gasteiger partial charge in [0.25, 0.3) is 5.91 Å². The molecule has 8 heteroatoms. The Balaban J connectivity index is 1.28. The second kappa shape index (κ2) is 10.8. The highest BCUT2D eigenvalue weighted by atomic mass is 35.5. The minimum Gasteiger partial charge on any atom is -0.348 e. The standard InChI is InChI=1S/C27H27ClN6O/c28-24-15-22(10-12-29-24)27(35)33-16-19-6-8-20(9-7-19)17-34(18-25-30-13-14-31-25)23-5-1-3-21-4-2-11-32-26(21)23/h2,4,6-15,23H,1,3,5,16-18H2,(H,30,31)(H,33,35). The Morgan fingerprint density at radius 1 is 1.03 bits per heavy atom. The number of pyridine rings is 2. The molecule has 178 valence electrons. The van der Waals surface area contributed by atoms with Crippen molar-refractivity contribution >= 4 is 17.5 Å². The topological polar surface area (TPSA) is 86.8 Å². The van der Waals surface area contributed by atoms with Crippen LogP contribution in [0.5, 0.6) is 0 Å². The Labute approximate surface area is 209 Å². The summed E-state index contributed by atoms with van der Waals surface area (Å²) in [4.78, 5) is 31.2. The van der Waals surface area contributed by atoms with Crippen molar-refractivity contribution in [1.82, 2.24) is 30.2 Å². The van der Waals surface area contributed by atoms with Crippen LogP contribution in [0.1, 0.15) is 57.5 Å². The van der Waals surface area contributed by atoms with Gasteiger partial charge in [0.1, 0.15) is 11.0 Å². The van der Waals surface area contributed by atoms with Crippen LogP contribution in [0.15, 0.2) is 73.3 Å². The van der Waals surface area contributed by atoms with E-state index >= 15 is 0 Å². The number of nitrogens with one attached hydrogen (secondary N) is 2. The Morgan fingerprint density at radius 3 is 2.69 bits per heavy atom. The molecule has 0 spiro atoms. The van der Waals surface area contributed by atoms with E-state index in [1.807, 2.05) is 18.5 Å². The first kappa shape index (κ1) is 23.2. The fraction of sp³-hybridized carbons (Fsp3) is 0.259. The van der Waals surface area contributed by atoms with E-state index in [1.165, 1.54) is 23.0 Å². The van der Waals surface area contributed by atoms with Gasteiger partial charge in [-0.1, -0.05) is 41.9 Å². The number of hydrogen-bond acceptors (Lipinski definition) is 5. The van der Waals surface area contributed by atoms with E-state index in [1.54, 1.807) is 18.3 Å². The third-order valence-corrected chi connectivity index (χ3v) is 6.57. The Hall–Kier alpha value is -3.55. The van der Waals surface area contributed by atoms with Crippen molar-refractivity contribution in [2.75, 3.05) is 0 Å². The van der Waals surface area contributed by atoms with Gasteiger partial charge in [0, 0.05) is 43.4 Å². The predicted octanol–water partition coefficient (Wildman–Crippen LogP) is 4.86. The number of nitrogens with zero attached hydrogens (tertiary/aromatic N) is 4. The largest absolute Gasteiger partial charge is 0.348 e. The normalized spacial score (nSPS) is 15.1. The van der Waals surface area contributed by atoms with Gasteiger partial charge in [0.15, 0.2) is 0 Å². The monoisotopic (exact) mass is 486 g/mol. The summed E-state index contributed by atoms with van der Waals surface area (Å²) >= 11 is 5.89. The Morgan fingerprint density at radius 2 is 1.89 bits per heavy atom. The van der Waals surface area contributed by atoms with Crippen molar-refractivity contribution in [3.8, 4) is 0 Å². The number of fused-ring (bicyclic) bond motifs is 1. The van der Waals surface area contributed by atoms with Crippen molar-refractivity contribution in [2.45, 2.75) is 44.9 Å². The molecule has 0 aliphatic heterocycles. The number of halogens is 1. The summed E-state index contributed by atoms with van der Waals surface area (Å²) in [5, 5.41) is 3.24. The van der Waals surface area contributed by atoms with E-state index in [9.17, 15) is 4.79 Å². The molecule has 0 saturated heterocycles. The molecule has 0 bridgehead atoms. The molecule has 1 aliphatic rings. The number of amides is 1. The van der Waals surface area contributed by atoms with Crippen LogP contribution in [0.25, 0.3) is 0 Å². The summed E-state index contributed by atoms with van der Waals surface area (Å²) in [6.07, 6.45) is 10.4. The summed E-state index contributed by atoms with van der Waals surface area (Å²) in [6.45, 7) is 1.94. The fourth-order valence-corrected chi connectivity index (χ4v) is 4.79. The van der Waals surface area contributed by atoms with Gasteiger partial charge in [0.2, 0.25) is 0 Å². The molecule has 3 aromatic heterocycles. The van der Waals surface area contributed by atoms with Crippen LogP contribution in [-0.4, -0.2) is 30.7 Å². The quantitative estimate of drug-likeness (QED) is 0.347. The predicted molar refractivity (Wildman–Crippen MR) is 135 cm³/mol. The number of hydrogen-bond donors (Lipinski definition) is 2. The second-order valence-corrected chi connectivity index (χ2v) is 9.15. The zero-order valence-electron chi connectivity index (χ0n) is 19.3. The molecule has 35 heavy (non-hydrogen) atoms. The van der Waals surface area contributed by atoms with Crippen molar-refractivity contribution < 1.29 is 4.79 Å². The van der Waals surface area contributed by atoms with Crippen LogP contribution in [-0.2, 0) is 26.1 Å². The van der Waals surface area contributed by atoms with Gasteiger partial charge in [-0.3, -0.25) is 14.7 Å². The number of carbonyl (C=O) groups is 1. The molecule has 7 nitrogen and oxygen atoms in total. The number of rotatable bonds is 8. The number of benzene rings is 1. The lowest BCUT2D eigenvalue weighted by Crippen LogP contribution is -2.31. The summed E-state index contributed by atoms with van der Waals surface area (Å²) < 4.78 is 0. The lowest BCUT2D eigenvalue weighted by molar-refractivity contribution is 0.0951. The number of aromatic nitrogens is 4. The maximum absolute atomic E-state index is 12.4. The molecule has 4 aromatic rings. The molecule has 0 radical (unpaired) electrons. The molecule has 1 amide bonds. The van der Waals surface area contributed by atoms with Crippen LogP contribution >= 0.6 is 11.6 Å². The number of aromatic amines is 1. The van der Waals surface area contributed by atoms with Gasteiger partial charge < -0.3 is 10.3 Å². The van der Waals surface area contributed by atoms with Crippen molar-refractivity contribution in [1.29, 1.82) is 0 Å². The van der Waals surface area contributed by atoms with E-state index in [2.05, 4.69) is 55.5 Å². The third kappa shape index (κ3) is 5.75. The molecule has 1 unspecified atom stereocenters. The van der Waals surface area contributed by atoms with E-state index in [0.29, 0.717) is 17.3 Å². The van der Waals surface area contributed by atoms with Gasteiger partial charge in [-0.25, -0.2) is 9.97 Å². The average molecular weight is 487 g/mol. The highest BCUT2D eigenvalue weighted by Gasteiger charge is 2.27. The van der Waals surface area contributed by atoms with Gasteiger partial charge in [-0.05, 0) is 54.2 Å². The first-order valence-corrected chi connectivity index (χ1v) is 12.2. The van der Waals surface area contributed by atoms with E-state index in [0.717, 1.165) is 43.7 Å².